The normalized spacial score (nSPS) is 16.5. The van der Waals surface area contributed by atoms with E-state index in [1.54, 1.807) is 18.2 Å². The molecule has 0 amide bonds. The summed E-state index contributed by atoms with van der Waals surface area (Å²) in [7, 11) is 0. The van der Waals surface area contributed by atoms with Gasteiger partial charge in [-0.05, 0) is 43.6 Å². The molecular weight excluding hydrogens is 285 g/mol. The topological polar surface area (TPSA) is 38.3 Å². The molecule has 0 bridgehead atoms. The summed E-state index contributed by atoms with van der Waals surface area (Å²) in [5, 5.41) is 4.32. The third kappa shape index (κ3) is 4.46. The number of ether oxygens (including phenoxy) is 1. The average molecular weight is 302 g/mol. The molecule has 0 saturated carbocycles. The largest absolute Gasteiger partial charge is 0.370 e. The molecule has 1 aliphatic rings. The Balaban J connectivity index is 1.83. The molecule has 2 rings (SSSR count). The number of hydrogen-bond acceptors (Lipinski definition) is 3. The number of nitrogens with one attached hydrogen (secondary N) is 1. The van der Waals surface area contributed by atoms with Crippen LogP contribution in [0.25, 0.3) is 0 Å². The maximum atomic E-state index is 11.9. The quantitative estimate of drug-likeness (QED) is 0.909. The van der Waals surface area contributed by atoms with Crippen LogP contribution < -0.4 is 5.32 Å². The molecule has 0 unspecified atom stereocenters. The molecular formula is C14H17Cl2NO2. The van der Waals surface area contributed by atoms with Crippen molar-refractivity contribution in [2.45, 2.75) is 25.4 Å². The second-order valence-corrected chi connectivity index (χ2v) is 5.49. The van der Waals surface area contributed by atoms with E-state index in [1.165, 1.54) is 0 Å². The van der Waals surface area contributed by atoms with Gasteiger partial charge >= 0.3 is 0 Å². The third-order valence-electron chi connectivity index (χ3n) is 3.20. The molecule has 1 N–H and O–H groups in total. The Labute approximate surface area is 123 Å². The van der Waals surface area contributed by atoms with E-state index in [1.807, 2.05) is 0 Å². The van der Waals surface area contributed by atoms with Crippen LogP contribution in [0.1, 0.15) is 18.4 Å². The van der Waals surface area contributed by atoms with Crippen LogP contribution in [0.4, 0.5) is 0 Å². The van der Waals surface area contributed by atoms with Gasteiger partial charge in [0, 0.05) is 16.5 Å². The predicted molar refractivity (Wildman–Crippen MR) is 77.0 cm³/mol. The molecule has 5 heteroatoms. The Bertz CT molecular complexity index is 425. The minimum Gasteiger partial charge on any atom is -0.370 e. The lowest BCUT2D eigenvalue weighted by Gasteiger charge is -2.22. The Hall–Kier alpha value is -0.610. The number of benzene rings is 1. The maximum absolute atomic E-state index is 11.9. The number of Topliss-reactive ketones (excluding diaryl/α,β-unsaturated/α-hetero) is 1. The summed E-state index contributed by atoms with van der Waals surface area (Å²) in [6.45, 7) is 2.04. The highest BCUT2D eigenvalue weighted by Crippen LogP contribution is 2.24. The molecule has 1 aliphatic heterocycles. The Morgan fingerprint density at radius 3 is 2.53 bits per heavy atom. The number of carbonyl (C=O) groups is 1. The number of ketones is 1. The van der Waals surface area contributed by atoms with E-state index in [0.29, 0.717) is 15.6 Å². The second kappa shape index (κ2) is 7.25. The third-order valence-corrected chi connectivity index (χ3v) is 3.91. The van der Waals surface area contributed by atoms with Crippen molar-refractivity contribution in [1.82, 2.24) is 5.32 Å². The van der Waals surface area contributed by atoms with Gasteiger partial charge in [0.1, 0.15) is 6.61 Å². The average Bonchev–Trinajstić information content (AvgIpc) is 2.42. The Morgan fingerprint density at radius 2 is 1.89 bits per heavy atom. The first-order valence-corrected chi connectivity index (χ1v) is 7.19. The van der Waals surface area contributed by atoms with Gasteiger partial charge in [-0.1, -0.05) is 29.3 Å². The zero-order valence-electron chi connectivity index (χ0n) is 10.6. The van der Waals surface area contributed by atoms with Gasteiger partial charge in [0.25, 0.3) is 0 Å². The van der Waals surface area contributed by atoms with Crippen molar-refractivity contribution in [3.8, 4) is 0 Å². The summed E-state index contributed by atoms with van der Waals surface area (Å²) >= 11 is 12.1. The molecule has 1 fully saturated rings. The summed E-state index contributed by atoms with van der Waals surface area (Å²) in [6, 6.07) is 5.25. The van der Waals surface area contributed by atoms with Crippen molar-refractivity contribution in [2.75, 3.05) is 19.7 Å². The van der Waals surface area contributed by atoms with Crippen LogP contribution in [0.5, 0.6) is 0 Å². The summed E-state index contributed by atoms with van der Waals surface area (Å²) in [6.07, 6.45) is 2.33. The van der Waals surface area contributed by atoms with Crippen molar-refractivity contribution in [3.05, 3.63) is 33.8 Å². The van der Waals surface area contributed by atoms with Crippen LogP contribution >= 0.6 is 23.2 Å². The first kappa shape index (κ1) is 14.8. The minimum absolute atomic E-state index is 0.00790. The van der Waals surface area contributed by atoms with E-state index in [2.05, 4.69) is 5.32 Å². The highest BCUT2D eigenvalue weighted by molar-refractivity contribution is 6.36. The molecule has 104 valence electrons. The molecule has 1 aromatic rings. The fraction of sp³-hybridized carbons (Fsp3) is 0.500. The van der Waals surface area contributed by atoms with Gasteiger partial charge in [-0.3, -0.25) is 4.79 Å². The molecule has 0 atom stereocenters. The van der Waals surface area contributed by atoms with Gasteiger partial charge in [-0.2, -0.15) is 0 Å². The lowest BCUT2D eigenvalue weighted by Crippen LogP contribution is -2.33. The van der Waals surface area contributed by atoms with E-state index >= 15 is 0 Å². The molecule has 0 aromatic heterocycles. The Kier molecular flexibility index (Phi) is 5.64. The fourth-order valence-electron chi connectivity index (χ4n) is 2.12. The lowest BCUT2D eigenvalue weighted by atomic mass is 10.1. The molecule has 1 heterocycles. The van der Waals surface area contributed by atoms with E-state index in [9.17, 15) is 4.79 Å². The van der Waals surface area contributed by atoms with Crippen molar-refractivity contribution >= 4 is 29.0 Å². The van der Waals surface area contributed by atoms with E-state index < -0.39 is 0 Å². The first-order chi connectivity index (χ1) is 9.16. The molecule has 3 nitrogen and oxygen atoms in total. The highest BCUT2D eigenvalue weighted by atomic mass is 35.5. The number of carbonyl (C=O) groups excluding carboxylic acids is 1. The van der Waals surface area contributed by atoms with Crippen LogP contribution in [0.3, 0.4) is 0 Å². The smallest absolute Gasteiger partial charge is 0.162 e. The number of halogens is 2. The zero-order chi connectivity index (χ0) is 13.7. The van der Waals surface area contributed by atoms with Crippen molar-refractivity contribution in [2.24, 2.45) is 0 Å². The van der Waals surface area contributed by atoms with Crippen LogP contribution in [-0.2, 0) is 16.0 Å². The highest BCUT2D eigenvalue weighted by Gasteiger charge is 2.16. The summed E-state index contributed by atoms with van der Waals surface area (Å²) in [5.74, 6) is 0.00790. The molecule has 1 aromatic carbocycles. The van der Waals surface area contributed by atoms with Crippen molar-refractivity contribution in [3.63, 3.8) is 0 Å². The first-order valence-electron chi connectivity index (χ1n) is 6.43. The zero-order valence-corrected chi connectivity index (χ0v) is 12.1. The minimum atomic E-state index is 0.00790. The number of piperidine rings is 1. The van der Waals surface area contributed by atoms with E-state index in [0.717, 1.165) is 25.9 Å². The van der Waals surface area contributed by atoms with Gasteiger partial charge in [0.2, 0.25) is 0 Å². The molecule has 0 radical (unpaired) electrons. The number of hydrogen-bond donors (Lipinski definition) is 1. The summed E-state index contributed by atoms with van der Waals surface area (Å²) in [5.41, 5.74) is 0.685. The van der Waals surface area contributed by atoms with Gasteiger partial charge in [-0.15, -0.1) is 0 Å². The van der Waals surface area contributed by atoms with E-state index in [-0.39, 0.29) is 24.9 Å². The van der Waals surface area contributed by atoms with E-state index in [4.69, 9.17) is 27.9 Å². The standard InChI is InChI=1S/C14H17Cl2NO2/c15-13-2-1-3-14(16)12(13)8-10(18)9-19-11-4-6-17-7-5-11/h1-3,11,17H,4-9H2. The fourth-order valence-corrected chi connectivity index (χ4v) is 2.65. The lowest BCUT2D eigenvalue weighted by molar-refractivity contribution is -0.125. The maximum Gasteiger partial charge on any atom is 0.162 e. The molecule has 1 saturated heterocycles. The van der Waals surface area contributed by atoms with Crippen molar-refractivity contribution < 1.29 is 9.53 Å². The molecule has 0 aliphatic carbocycles. The molecule has 19 heavy (non-hydrogen) atoms. The van der Waals surface area contributed by atoms with Gasteiger partial charge in [0.05, 0.1) is 6.10 Å². The SMILES string of the molecule is O=C(COC1CCNCC1)Cc1c(Cl)cccc1Cl. The van der Waals surface area contributed by atoms with Crippen LogP contribution in [-0.4, -0.2) is 31.6 Å². The Morgan fingerprint density at radius 1 is 1.26 bits per heavy atom. The number of rotatable bonds is 5. The van der Waals surface area contributed by atoms with Gasteiger partial charge in [0.15, 0.2) is 5.78 Å². The van der Waals surface area contributed by atoms with Crippen LogP contribution in [0, 0.1) is 0 Å². The van der Waals surface area contributed by atoms with Crippen LogP contribution in [0.2, 0.25) is 10.0 Å². The summed E-state index contributed by atoms with van der Waals surface area (Å²) < 4.78 is 5.62. The van der Waals surface area contributed by atoms with Gasteiger partial charge < -0.3 is 10.1 Å². The predicted octanol–water partition coefficient (Wildman–Crippen LogP) is 2.87. The monoisotopic (exact) mass is 301 g/mol. The molecule has 0 spiro atoms. The second-order valence-electron chi connectivity index (χ2n) is 4.68. The van der Waals surface area contributed by atoms with Crippen molar-refractivity contribution in [1.29, 1.82) is 0 Å². The van der Waals surface area contributed by atoms with Gasteiger partial charge in [-0.25, -0.2) is 0 Å². The summed E-state index contributed by atoms with van der Waals surface area (Å²) in [4.78, 5) is 11.9. The van der Waals surface area contributed by atoms with Crippen LogP contribution in [0.15, 0.2) is 18.2 Å².